The van der Waals surface area contributed by atoms with Gasteiger partial charge in [-0.15, -0.1) is 0 Å². The van der Waals surface area contributed by atoms with Crippen LogP contribution in [0, 0.1) is 0 Å². The number of ether oxygens (including phenoxy) is 1. The SMILES string of the molecule is CC(C)c1ccccc1OCC(=O)NC1CCCc2[nH]c(=O)c(C(N)=O)cc21. The third-order valence-corrected chi connectivity index (χ3v) is 4.95. The van der Waals surface area contributed by atoms with Gasteiger partial charge in [0.15, 0.2) is 6.61 Å². The van der Waals surface area contributed by atoms with Crippen LogP contribution in [0.5, 0.6) is 5.75 Å². The van der Waals surface area contributed by atoms with Crippen LogP contribution in [0.15, 0.2) is 35.1 Å². The minimum atomic E-state index is -0.784. The Morgan fingerprint density at radius 1 is 1.32 bits per heavy atom. The number of carbonyl (C=O) groups is 2. The second-order valence-electron chi connectivity index (χ2n) is 7.30. The molecule has 1 aromatic carbocycles. The summed E-state index contributed by atoms with van der Waals surface area (Å²) < 4.78 is 5.73. The van der Waals surface area contributed by atoms with Gasteiger partial charge in [0.2, 0.25) is 0 Å². The number of aryl methyl sites for hydroxylation is 1. The maximum absolute atomic E-state index is 12.5. The van der Waals surface area contributed by atoms with Crippen molar-refractivity contribution in [3.8, 4) is 5.75 Å². The smallest absolute Gasteiger partial charge is 0.261 e. The van der Waals surface area contributed by atoms with Gasteiger partial charge >= 0.3 is 0 Å². The molecule has 7 heteroatoms. The third-order valence-electron chi connectivity index (χ3n) is 4.95. The Morgan fingerprint density at radius 3 is 2.79 bits per heavy atom. The highest BCUT2D eigenvalue weighted by Gasteiger charge is 2.25. The lowest BCUT2D eigenvalue weighted by Gasteiger charge is -2.26. The van der Waals surface area contributed by atoms with E-state index >= 15 is 0 Å². The molecule has 1 heterocycles. The molecule has 7 nitrogen and oxygen atoms in total. The molecule has 0 bridgehead atoms. The molecule has 0 radical (unpaired) electrons. The molecule has 1 unspecified atom stereocenters. The topological polar surface area (TPSA) is 114 Å². The summed E-state index contributed by atoms with van der Waals surface area (Å²) >= 11 is 0. The number of fused-ring (bicyclic) bond motifs is 1. The van der Waals surface area contributed by atoms with Gasteiger partial charge in [0, 0.05) is 5.69 Å². The maximum Gasteiger partial charge on any atom is 0.261 e. The Morgan fingerprint density at radius 2 is 2.07 bits per heavy atom. The number of aromatic nitrogens is 1. The largest absolute Gasteiger partial charge is 0.483 e. The van der Waals surface area contributed by atoms with Crippen molar-refractivity contribution in [2.75, 3.05) is 6.61 Å². The second kappa shape index (κ2) is 8.29. The van der Waals surface area contributed by atoms with Gasteiger partial charge in [-0.25, -0.2) is 0 Å². The average Bonchev–Trinajstić information content (AvgIpc) is 2.66. The van der Waals surface area contributed by atoms with Gasteiger partial charge in [-0.1, -0.05) is 32.0 Å². The molecule has 148 valence electrons. The summed E-state index contributed by atoms with van der Waals surface area (Å²) in [7, 11) is 0. The van der Waals surface area contributed by atoms with Gasteiger partial charge < -0.3 is 20.8 Å². The predicted octanol–water partition coefficient (Wildman–Crippen LogP) is 2.17. The predicted molar refractivity (Wildman–Crippen MR) is 105 cm³/mol. The minimum Gasteiger partial charge on any atom is -0.483 e. The molecule has 4 N–H and O–H groups in total. The lowest BCUT2D eigenvalue weighted by molar-refractivity contribution is -0.124. The van der Waals surface area contributed by atoms with Crippen LogP contribution in [-0.2, 0) is 11.2 Å². The number of primary amides is 1. The summed E-state index contributed by atoms with van der Waals surface area (Å²) in [5.74, 6) is -0.0675. The number of H-pyrrole nitrogens is 1. The van der Waals surface area contributed by atoms with Crippen molar-refractivity contribution in [1.82, 2.24) is 10.3 Å². The van der Waals surface area contributed by atoms with Gasteiger partial charge in [-0.3, -0.25) is 14.4 Å². The lowest BCUT2D eigenvalue weighted by Crippen LogP contribution is -2.36. The van der Waals surface area contributed by atoms with E-state index in [4.69, 9.17) is 10.5 Å². The fourth-order valence-corrected chi connectivity index (χ4v) is 3.54. The first-order chi connectivity index (χ1) is 13.4. The monoisotopic (exact) mass is 383 g/mol. The Kier molecular flexibility index (Phi) is 5.82. The first-order valence-corrected chi connectivity index (χ1v) is 9.43. The molecule has 3 rings (SSSR count). The van der Waals surface area contributed by atoms with Crippen LogP contribution >= 0.6 is 0 Å². The number of nitrogens with one attached hydrogen (secondary N) is 2. The number of para-hydroxylation sites is 1. The first-order valence-electron chi connectivity index (χ1n) is 9.43. The normalized spacial score (nSPS) is 15.8. The van der Waals surface area contributed by atoms with Gasteiger partial charge in [0.05, 0.1) is 6.04 Å². The van der Waals surface area contributed by atoms with E-state index in [1.807, 2.05) is 24.3 Å². The van der Waals surface area contributed by atoms with Crippen LogP contribution < -0.4 is 21.3 Å². The molecule has 28 heavy (non-hydrogen) atoms. The molecular formula is C21H25N3O4. The fourth-order valence-electron chi connectivity index (χ4n) is 3.54. The highest BCUT2D eigenvalue weighted by Crippen LogP contribution is 2.29. The Labute approximate surface area is 163 Å². The van der Waals surface area contributed by atoms with Gasteiger partial charge in [-0.05, 0) is 48.4 Å². The zero-order valence-corrected chi connectivity index (χ0v) is 16.1. The molecule has 0 saturated heterocycles. The van der Waals surface area contributed by atoms with Crippen LogP contribution in [0.3, 0.4) is 0 Å². The van der Waals surface area contributed by atoms with Gasteiger partial charge in [-0.2, -0.15) is 0 Å². The van der Waals surface area contributed by atoms with Gasteiger partial charge in [0.1, 0.15) is 11.3 Å². The lowest BCUT2D eigenvalue weighted by atomic mass is 9.90. The van der Waals surface area contributed by atoms with E-state index in [2.05, 4.69) is 24.1 Å². The standard InChI is InChI=1S/C21H25N3O4/c1-12(2)13-6-3-4-9-18(13)28-11-19(25)23-16-7-5-8-17-14(16)10-15(20(22)26)21(27)24-17/h3-4,6,9-10,12,16H,5,7-8,11H2,1-2H3,(H2,22,26)(H,23,25)(H,24,27). The third kappa shape index (κ3) is 4.24. The number of amides is 2. The summed E-state index contributed by atoms with van der Waals surface area (Å²) in [5, 5.41) is 2.94. The van der Waals surface area contributed by atoms with Crippen LogP contribution in [0.1, 0.15) is 65.8 Å². The number of carbonyl (C=O) groups excluding carboxylic acids is 2. The highest BCUT2D eigenvalue weighted by molar-refractivity contribution is 5.92. The zero-order chi connectivity index (χ0) is 20.3. The van der Waals surface area contributed by atoms with Crippen molar-refractivity contribution in [2.24, 2.45) is 5.73 Å². The minimum absolute atomic E-state index is 0.0954. The molecular weight excluding hydrogens is 358 g/mol. The first kappa shape index (κ1) is 19.7. The molecule has 0 fully saturated rings. The Balaban J connectivity index is 1.72. The number of hydrogen-bond acceptors (Lipinski definition) is 4. The molecule has 0 spiro atoms. The molecule has 1 aromatic heterocycles. The number of benzene rings is 1. The van der Waals surface area contributed by atoms with E-state index in [9.17, 15) is 14.4 Å². The molecule has 0 saturated carbocycles. The molecule has 1 atom stereocenters. The molecule has 1 aliphatic carbocycles. The van der Waals surface area contributed by atoms with E-state index in [1.165, 1.54) is 6.07 Å². The molecule has 2 amide bonds. The number of rotatable bonds is 6. The fraction of sp³-hybridized carbons (Fsp3) is 0.381. The van der Waals surface area contributed by atoms with Crippen molar-refractivity contribution >= 4 is 11.8 Å². The quantitative estimate of drug-likeness (QED) is 0.709. The van der Waals surface area contributed by atoms with Crippen molar-refractivity contribution in [1.29, 1.82) is 0 Å². The van der Waals surface area contributed by atoms with Crippen LogP contribution in [0.25, 0.3) is 0 Å². The molecule has 1 aliphatic rings. The second-order valence-corrected chi connectivity index (χ2v) is 7.30. The van der Waals surface area contributed by atoms with Crippen LogP contribution in [0.4, 0.5) is 0 Å². The number of hydrogen-bond donors (Lipinski definition) is 3. The van der Waals surface area contributed by atoms with Crippen molar-refractivity contribution in [3.63, 3.8) is 0 Å². The average molecular weight is 383 g/mol. The summed E-state index contributed by atoms with van der Waals surface area (Å²) in [5.41, 5.74) is 7.20. The Hall–Kier alpha value is -3.09. The summed E-state index contributed by atoms with van der Waals surface area (Å²) in [6, 6.07) is 8.85. The zero-order valence-electron chi connectivity index (χ0n) is 16.1. The van der Waals surface area contributed by atoms with Crippen molar-refractivity contribution in [3.05, 3.63) is 63.1 Å². The van der Waals surface area contributed by atoms with E-state index in [0.29, 0.717) is 18.6 Å². The van der Waals surface area contributed by atoms with Crippen molar-refractivity contribution < 1.29 is 14.3 Å². The molecule has 0 aliphatic heterocycles. The maximum atomic E-state index is 12.5. The van der Waals surface area contributed by atoms with E-state index < -0.39 is 11.5 Å². The Bertz CT molecular complexity index is 949. The number of aromatic amines is 1. The number of nitrogens with two attached hydrogens (primary N) is 1. The van der Waals surface area contributed by atoms with E-state index in [0.717, 1.165) is 23.2 Å². The molecule has 2 aromatic rings. The highest BCUT2D eigenvalue weighted by atomic mass is 16.5. The van der Waals surface area contributed by atoms with E-state index in [1.54, 1.807) is 0 Å². The van der Waals surface area contributed by atoms with Crippen molar-refractivity contribution in [2.45, 2.75) is 45.1 Å². The van der Waals surface area contributed by atoms with Gasteiger partial charge in [0.25, 0.3) is 17.4 Å². The summed E-state index contributed by atoms with van der Waals surface area (Å²) in [6.45, 7) is 4.03. The summed E-state index contributed by atoms with van der Waals surface area (Å²) in [6.07, 6.45) is 2.22. The van der Waals surface area contributed by atoms with Crippen LogP contribution in [-0.4, -0.2) is 23.4 Å². The van der Waals surface area contributed by atoms with Crippen LogP contribution in [0.2, 0.25) is 0 Å². The number of pyridine rings is 1. The summed E-state index contributed by atoms with van der Waals surface area (Å²) in [4.78, 5) is 38.6. The van der Waals surface area contributed by atoms with E-state index in [-0.39, 0.29) is 30.0 Å².